The van der Waals surface area contributed by atoms with Crippen molar-refractivity contribution in [2.45, 2.75) is 6.18 Å². The van der Waals surface area contributed by atoms with Crippen LogP contribution in [0.3, 0.4) is 0 Å². The normalized spacial score (nSPS) is 11.4. The first-order chi connectivity index (χ1) is 9.29. The van der Waals surface area contributed by atoms with Gasteiger partial charge in [0.1, 0.15) is 5.82 Å². The molecular weight excluding hydrogens is 387 g/mol. The van der Waals surface area contributed by atoms with Crippen molar-refractivity contribution in [2.75, 3.05) is 0 Å². The number of rotatable bonds is 2. The summed E-state index contributed by atoms with van der Waals surface area (Å²) in [5, 5.41) is 0. The molecular formula is C14H7F4IO. The molecule has 0 heterocycles. The predicted molar refractivity (Wildman–Crippen MR) is 74.0 cm³/mol. The molecule has 0 N–H and O–H groups in total. The van der Waals surface area contributed by atoms with E-state index in [1.54, 1.807) is 18.2 Å². The van der Waals surface area contributed by atoms with Gasteiger partial charge in [0.2, 0.25) is 0 Å². The standard InChI is InChI=1S/C14H7F4IO/c15-12-7-9(4-5-11(12)14(16,17)18)13(20)8-2-1-3-10(19)6-8/h1-7H. The smallest absolute Gasteiger partial charge is 0.289 e. The molecule has 2 aromatic carbocycles. The van der Waals surface area contributed by atoms with Gasteiger partial charge in [-0.15, -0.1) is 0 Å². The van der Waals surface area contributed by atoms with Gasteiger partial charge in [0.15, 0.2) is 5.78 Å². The van der Waals surface area contributed by atoms with Crippen LogP contribution < -0.4 is 0 Å². The van der Waals surface area contributed by atoms with Crippen LogP contribution in [0.2, 0.25) is 0 Å². The van der Waals surface area contributed by atoms with Crippen LogP contribution in [0, 0.1) is 9.39 Å². The van der Waals surface area contributed by atoms with E-state index in [2.05, 4.69) is 0 Å². The van der Waals surface area contributed by atoms with Gasteiger partial charge in [-0.25, -0.2) is 4.39 Å². The first kappa shape index (κ1) is 15.0. The molecule has 0 spiro atoms. The minimum Gasteiger partial charge on any atom is -0.289 e. The second kappa shape index (κ2) is 5.51. The lowest BCUT2D eigenvalue weighted by atomic mass is 10.0. The summed E-state index contributed by atoms with van der Waals surface area (Å²) in [6.45, 7) is 0. The van der Waals surface area contributed by atoms with Crippen LogP contribution in [-0.4, -0.2) is 5.78 Å². The van der Waals surface area contributed by atoms with Gasteiger partial charge in [-0.1, -0.05) is 18.2 Å². The quantitative estimate of drug-likeness (QED) is 0.411. The third-order valence-electron chi connectivity index (χ3n) is 2.62. The first-order valence-electron chi connectivity index (χ1n) is 5.46. The first-order valence-corrected chi connectivity index (χ1v) is 6.54. The minimum atomic E-state index is -4.77. The molecule has 0 saturated carbocycles. The summed E-state index contributed by atoms with van der Waals surface area (Å²) in [4.78, 5) is 12.1. The minimum absolute atomic E-state index is 0.113. The van der Waals surface area contributed by atoms with E-state index in [-0.39, 0.29) is 5.56 Å². The molecule has 0 radical (unpaired) electrons. The maximum atomic E-state index is 13.4. The van der Waals surface area contributed by atoms with E-state index in [1.807, 2.05) is 22.6 Å². The third-order valence-corrected chi connectivity index (χ3v) is 3.29. The Bertz CT molecular complexity index is 664. The summed E-state index contributed by atoms with van der Waals surface area (Å²) >= 11 is 2.01. The molecule has 6 heteroatoms. The van der Waals surface area contributed by atoms with E-state index >= 15 is 0 Å². The second-order valence-corrected chi connectivity index (χ2v) is 5.28. The van der Waals surface area contributed by atoms with Crippen LogP contribution in [-0.2, 0) is 6.18 Å². The highest BCUT2D eigenvalue weighted by Crippen LogP contribution is 2.31. The molecule has 0 saturated heterocycles. The molecule has 0 unspecified atom stereocenters. The summed E-state index contributed by atoms with van der Waals surface area (Å²) in [6, 6.07) is 8.70. The topological polar surface area (TPSA) is 17.1 Å². The molecule has 0 fully saturated rings. The van der Waals surface area contributed by atoms with E-state index < -0.39 is 23.3 Å². The zero-order valence-electron chi connectivity index (χ0n) is 9.84. The monoisotopic (exact) mass is 394 g/mol. The van der Waals surface area contributed by atoms with Gasteiger partial charge < -0.3 is 0 Å². The molecule has 2 aromatic rings. The Morgan fingerprint density at radius 1 is 1.00 bits per heavy atom. The van der Waals surface area contributed by atoms with Crippen molar-refractivity contribution in [3.8, 4) is 0 Å². The number of carbonyl (C=O) groups excluding carboxylic acids is 1. The molecule has 1 nitrogen and oxygen atoms in total. The predicted octanol–water partition coefficient (Wildman–Crippen LogP) is 4.68. The fraction of sp³-hybridized carbons (Fsp3) is 0.0714. The van der Waals surface area contributed by atoms with E-state index in [1.165, 1.54) is 6.07 Å². The highest BCUT2D eigenvalue weighted by Gasteiger charge is 2.34. The molecule has 20 heavy (non-hydrogen) atoms. The lowest BCUT2D eigenvalue weighted by molar-refractivity contribution is -0.140. The zero-order chi connectivity index (χ0) is 14.9. The van der Waals surface area contributed by atoms with Gasteiger partial charge >= 0.3 is 6.18 Å². The van der Waals surface area contributed by atoms with Crippen molar-refractivity contribution in [3.63, 3.8) is 0 Å². The van der Waals surface area contributed by atoms with Crippen LogP contribution in [0.4, 0.5) is 17.6 Å². The van der Waals surface area contributed by atoms with E-state index in [0.29, 0.717) is 17.7 Å². The van der Waals surface area contributed by atoms with Crippen LogP contribution in [0.25, 0.3) is 0 Å². The number of alkyl halides is 3. The van der Waals surface area contributed by atoms with Crippen molar-refractivity contribution in [1.29, 1.82) is 0 Å². The maximum absolute atomic E-state index is 13.4. The fourth-order valence-electron chi connectivity index (χ4n) is 1.68. The van der Waals surface area contributed by atoms with Crippen LogP contribution in [0.5, 0.6) is 0 Å². The summed E-state index contributed by atoms with van der Waals surface area (Å²) in [5.74, 6) is -1.97. The molecule has 104 valence electrons. The lowest BCUT2D eigenvalue weighted by Gasteiger charge is -2.09. The molecule has 0 bridgehead atoms. The second-order valence-electron chi connectivity index (χ2n) is 4.03. The number of carbonyl (C=O) groups is 1. The molecule has 0 amide bonds. The Hall–Kier alpha value is -1.44. The Morgan fingerprint density at radius 3 is 2.20 bits per heavy atom. The molecule has 0 aliphatic rings. The van der Waals surface area contributed by atoms with Crippen LogP contribution in [0.1, 0.15) is 21.5 Å². The number of hydrogen-bond acceptors (Lipinski definition) is 1. The van der Waals surface area contributed by atoms with E-state index in [0.717, 1.165) is 9.64 Å². The van der Waals surface area contributed by atoms with Gasteiger partial charge in [-0.3, -0.25) is 4.79 Å². The summed E-state index contributed by atoms with van der Waals surface area (Å²) in [6.07, 6.45) is -4.77. The third kappa shape index (κ3) is 3.17. The number of benzene rings is 2. The van der Waals surface area contributed by atoms with Crippen molar-refractivity contribution in [2.24, 2.45) is 0 Å². The van der Waals surface area contributed by atoms with Gasteiger partial charge in [0.05, 0.1) is 5.56 Å². The number of hydrogen-bond donors (Lipinski definition) is 0. The lowest BCUT2D eigenvalue weighted by Crippen LogP contribution is -2.10. The Balaban J connectivity index is 2.40. The summed E-state index contributed by atoms with van der Waals surface area (Å²) in [5.41, 5.74) is -1.19. The highest BCUT2D eigenvalue weighted by atomic mass is 127. The Morgan fingerprint density at radius 2 is 1.65 bits per heavy atom. The van der Waals surface area contributed by atoms with Crippen LogP contribution >= 0.6 is 22.6 Å². The SMILES string of the molecule is O=C(c1cccc(I)c1)c1ccc(C(F)(F)F)c(F)c1. The fourth-order valence-corrected chi connectivity index (χ4v) is 2.23. The summed E-state index contributed by atoms with van der Waals surface area (Å²) < 4.78 is 51.5. The van der Waals surface area contributed by atoms with Crippen molar-refractivity contribution < 1.29 is 22.4 Å². The van der Waals surface area contributed by atoms with Gasteiger partial charge in [-0.05, 0) is 46.9 Å². The largest absolute Gasteiger partial charge is 0.419 e. The highest BCUT2D eigenvalue weighted by molar-refractivity contribution is 14.1. The molecule has 0 aromatic heterocycles. The van der Waals surface area contributed by atoms with E-state index in [9.17, 15) is 22.4 Å². The summed E-state index contributed by atoms with van der Waals surface area (Å²) in [7, 11) is 0. The van der Waals surface area contributed by atoms with Crippen molar-refractivity contribution in [1.82, 2.24) is 0 Å². The Kier molecular flexibility index (Phi) is 4.12. The molecule has 0 aliphatic carbocycles. The zero-order valence-corrected chi connectivity index (χ0v) is 12.0. The van der Waals surface area contributed by atoms with Crippen molar-refractivity contribution in [3.05, 3.63) is 68.5 Å². The molecule has 0 atom stereocenters. The number of ketones is 1. The van der Waals surface area contributed by atoms with Gasteiger partial charge in [0.25, 0.3) is 0 Å². The van der Waals surface area contributed by atoms with E-state index in [4.69, 9.17) is 0 Å². The number of halogens is 5. The maximum Gasteiger partial charge on any atom is 0.419 e. The molecule has 0 aliphatic heterocycles. The average Bonchev–Trinajstić information content (AvgIpc) is 2.36. The van der Waals surface area contributed by atoms with Gasteiger partial charge in [-0.2, -0.15) is 13.2 Å². The van der Waals surface area contributed by atoms with Crippen LogP contribution in [0.15, 0.2) is 42.5 Å². The van der Waals surface area contributed by atoms with Crippen molar-refractivity contribution >= 4 is 28.4 Å². The average molecular weight is 394 g/mol. The van der Waals surface area contributed by atoms with Gasteiger partial charge in [0, 0.05) is 14.7 Å². The Labute approximate surface area is 125 Å². The molecule has 2 rings (SSSR count).